The van der Waals surface area contributed by atoms with Crippen LogP contribution in [0.1, 0.15) is 55.1 Å². The Kier molecular flexibility index (Phi) is 1.95. The van der Waals surface area contributed by atoms with E-state index in [1.165, 1.54) is 19.3 Å². The standard InChI is InChI=1S/C13H16N2O3/c16-11(17)10-14-15-12(18-10)13-4-7-1-8(5-13)3-9(2-7)6-13/h7-9H,1-6H2,(H,16,17). The fourth-order valence-electron chi connectivity index (χ4n) is 4.90. The summed E-state index contributed by atoms with van der Waals surface area (Å²) in [7, 11) is 0. The van der Waals surface area contributed by atoms with Crippen molar-refractivity contribution in [1.82, 2.24) is 10.2 Å². The van der Waals surface area contributed by atoms with Crippen LogP contribution in [-0.2, 0) is 5.41 Å². The van der Waals surface area contributed by atoms with E-state index in [2.05, 4.69) is 10.2 Å². The van der Waals surface area contributed by atoms with Crippen LogP contribution in [0.3, 0.4) is 0 Å². The zero-order chi connectivity index (χ0) is 12.3. The molecule has 1 aromatic rings. The van der Waals surface area contributed by atoms with Crippen molar-refractivity contribution >= 4 is 5.97 Å². The molecule has 0 atom stereocenters. The number of nitrogens with zero attached hydrogens (tertiary/aromatic N) is 2. The summed E-state index contributed by atoms with van der Waals surface area (Å²) in [5, 5.41) is 16.6. The van der Waals surface area contributed by atoms with Gasteiger partial charge in [-0.15, -0.1) is 10.2 Å². The maximum absolute atomic E-state index is 10.8. The van der Waals surface area contributed by atoms with Gasteiger partial charge in [0.25, 0.3) is 0 Å². The average Bonchev–Trinajstić information content (AvgIpc) is 2.76. The largest absolute Gasteiger partial charge is 0.474 e. The Morgan fingerprint density at radius 1 is 1.11 bits per heavy atom. The molecule has 0 amide bonds. The first-order valence-electron chi connectivity index (χ1n) is 6.72. The summed E-state index contributed by atoms with van der Waals surface area (Å²) in [6, 6.07) is 0. The Labute approximate surface area is 105 Å². The predicted octanol–water partition coefficient (Wildman–Crippen LogP) is 2.24. The van der Waals surface area contributed by atoms with Gasteiger partial charge in [0, 0.05) is 5.41 Å². The van der Waals surface area contributed by atoms with E-state index in [9.17, 15) is 4.79 Å². The van der Waals surface area contributed by atoms with Gasteiger partial charge in [-0.05, 0) is 56.3 Å². The normalized spacial score (nSPS) is 41.2. The molecule has 0 unspecified atom stereocenters. The fourth-order valence-corrected chi connectivity index (χ4v) is 4.90. The van der Waals surface area contributed by atoms with Gasteiger partial charge in [0.2, 0.25) is 5.89 Å². The van der Waals surface area contributed by atoms with Gasteiger partial charge in [-0.25, -0.2) is 4.79 Å². The Balaban J connectivity index is 1.72. The number of hydrogen-bond acceptors (Lipinski definition) is 4. The molecular weight excluding hydrogens is 232 g/mol. The van der Waals surface area contributed by atoms with Crippen LogP contribution in [0.5, 0.6) is 0 Å². The number of hydrogen-bond donors (Lipinski definition) is 1. The molecule has 1 aromatic heterocycles. The van der Waals surface area contributed by atoms with Crippen molar-refractivity contribution in [1.29, 1.82) is 0 Å². The van der Waals surface area contributed by atoms with E-state index in [-0.39, 0.29) is 11.3 Å². The lowest BCUT2D eigenvalue weighted by Gasteiger charge is -2.55. The van der Waals surface area contributed by atoms with E-state index in [4.69, 9.17) is 9.52 Å². The molecule has 4 aliphatic carbocycles. The summed E-state index contributed by atoms with van der Waals surface area (Å²) in [5.74, 6) is 1.56. The SMILES string of the molecule is O=C(O)c1nnc(C23CC4CC(CC(C4)C2)C3)o1. The molecule has 5 nitrogen and oxygen atoms in total. The molecule has 4 bridgehead atoms. The minimum absolute atomic E-state index is 0.00451. The van der Waals surface area contributed by atoms with E-state index in [0.29, 0.717) is 5.89 Å². The van der Waals surface area contributed by atoms with Crippen LogP contribution in [-0.4, -0.2) is 21.3 Å². The third-order valence-electron chi connectivity index (χ3n) is 5.10. The molecular formula is C13H16N2O3. The molecule has 0 spiro atoms. The Morgan fingerprint density at radius 2 is 1.67 bits per heavy atom. The highest BCUT2D eigenvalue weighted by Crippen LogP contribution is 2.60. The molecule has 1 heterocycles. The van der Waals surface area contributed by atoms with Crippen molar-refractivity contribution < 1.29 is 14.3 Å². The van der Waals surface area contributed by atoms with Crippen LogP contribution in [0, 0.1) is 17.8 Å². The second-order valence-corrected chi connectivity index (χ2v) is 6.42. The van der Waals surface area contributed by atoms with E-state index in [0.717, 1.165) is 37.0 Å². The molecule has 4 fully saturated rings. The van der Waals surface area contributed by atoms with Crippen LogP contribution in [0.4, 0.5) is 0 Å². The van der Waals surface area contributed by atoms with Crippen molar-refractivity contribution in [3.05, 3.63) is 11.8 Å². The summed E-state index contributed by atoms with van der Waals surface area (Å²) in [4.78, 5) is 10.8. The highest BCUT2D eigenvalue weighted by molar-refractivity contribution is 5.81. The zero-order valence-corrected chi connectivity index (χ0v) is 10.1. The molecule has 5 heteroatoms. The Hall–Kier alpha value is -1.39. The summed E-state index contributed by atoms with van der Waals surface area (Å²) in [6.45, 7) is 0. The summed E-state index contributed by atoms with van der Waals surface area (Å²) in [6.07, 6.45) is 7.37. The van der Waals surface area contributed by atoms with Crippen molar-refractivity contribution in [2.24, 2.45) is 17.8 Å². The highest BCUT2D eigenvalue weighted by atomic mass is 16.4. The monoisotopic (exact) mass is 248 g/mol. The van der Waals surface area contributed by atoms with Crippen LogP contribution in [0.15, 0.2) is 4.42 Å². The summed E-state index contributed by atoms with van der Waals surface area (Å²) in [5.41, 5.74) is -0.00451. The number of rotatable bonds is 2. The van der Waals surface area contributed by atoms with Gasteiger partial charge in [-0.2, -0.15) is 0 Å². The molecule has 5 rings (SSSR count). The van der Waals surface area contributed by atoms with E-state index in [1.54, 1.807) is 0 Å². The number of aromatic carboxylic acids is 1. The summed E-state index contributed by atoms with van der Waals surface area (Å²) >= 11 is 0. The van der Waals surface area contributed by atoms with Gasteiger partial charge >= 0.3 is 11.9 Å². The van der Waals surface area contributed by atoms with Gasteiger partial charge < -0.3 is 9.52 Å². The second-order valence-electron chi connectivity index (χ2n) is 6.42. The minimum Gasteiger partial charge on any atom is -0.474 e. The second kappa shape index (κ2) is 3.33. The summed E-state index contributed by atoms with van der Waals surface area (Å²) < 4.78 is 5.41. The number of carbonyl (C=O) groups is 1. The first-order chi connectivity index (χ1) is 8.64. The highest BCUT2D eigenvalue weighted by Gasteiger charge is 2.54. The molecule has 1 N–H and O–H groups in total. The Morgan fingerprint density at radius 3 is 2.11 bits per heavy atom. The minimum atomic E-state index is -1.13. The van der Waals surface area contributed by atoms with Gasteiger partial charge in [-0.1, -0.05) is 0 Å². The van der Waals surface area contributed by atoms with E-state index >= 15 is 0 Å². The van der Waals surface area contributed by atoms with Gasteiger partial charge in [-0.3, -0.25) is 0 Å². The third kappa shape index (κ3) is 1.36. The van der Waals surface area contributed by atoms with Gasteiger partial charge in [0.05, 0.1) is 0 Å². The number of carboxylic acid groups (broad SMARTS) is 1. The molecule has 0 aromatic carbocycles. The molecule has 0 saturated heterocycles. The molecule has 18 heavy (non-hydrogen) atoms. The van der Waals surface area contributed by atoms with Gasteiger partial charge in [0.15, 0.2) is 0 Å². The zero-order valence-electron chi connectivity index (χ0n) is 10.1. The predicted molar refractivity (Wildman–Crippen MR) is 61.1 cm³/mol. The third-order valence-corrected chi connectivity index (χ3v) is 5.10. The first-order valence-corrected chi connectivity index (χ1v) is 6.72. The molecule has 96 valence electrons. The van der Waals surface area contributed by atoms with E-state index < -0.39 is 5.97 Å². The van der Waals surface area contributed by atoms with Crippen LogP contribution < -0.4 is 0 Å². The van der Waals surface area contributed by atoms with Crippen molar-refractivity contribution in [3.8, 4) is 0 Å². The lowest BCUT2D eigenvalue weighted by molar-refractivity contribution is -0.0183. The maximum Gasteiger partial charge on any atom is 0.393 e. The van der Waals surface area contributed by atoms with E-state index in [1.807, 2.05) is 0 Å². The van der Waals surface area contributed by atoms with Crippen molar-refractivity contribution in [2.45, 2.75) is 43.9 Å². The number of carboxylic acids is 1. The quantitative estimate of drug-likeness (QED) is 0.868. The molecule has 4 saturated carbocycles. The first kappa shape index (κ1) is 10.5. The fraction of sp³-hybridized carbons (Fsp3) is 0.769. The Bertz CT molecular complexity index is 473. The van der Waals surface area contributed by atoms with Crippen LogP contribution >= 0.6 is 0 Å². The molecule has 0 radical (unpaired) electrons. The smallest absolute Gasteiger partial charge is 0.393 e. The van der Waals surface area contributed by atoms with Crippen LogP contribution in [0.2, 0.25) is 0 Å². The number of aromatic nitrogens is 2. The van der Waals surface area contributed by atoms with Crippen molar-refractivity contribution in [2.75, 3.05) is 0 Å². The van der Waals surface area contributed by atoms with Crippen molar-refractivity contribution in [3.63, 3.8) is 0 Å². The topological polar surface area (TPSA) is 76.2 Å². The maximum atomic E-state index is 10.8. The lowest BCUT2D eigenvalue weighted by atomic mass is 9.49. The molecule has 0 aliphatic heterocycles. The molecule has 4 aliphatic rings. The van der Waals surface area contributed by atoms with Gasteiger partial charge in [0.1, 0.15) is 0 Å². The van der Waals surface area contributed by atoms with Crippen LogP contribution in [0.25, 0.3) is 0 Å². The lowest BCUT2D eigenvalue weighted by Crippen LogP contribution is -2.48. The average molecular weight is 248 g/mol.